The molecule has 2 aliphatic heterocycles. The van der Waals surface area contributed by atoms with Gasteiger partial charge in [-0.05, 0) is 13.3 Å². The summed E-state index contributed by atoms with van der Waals surface area (Å²) in [5, 5.41) is 6.06. The molecule has 4 heteroatoms. The average molecular weight is 198 g/mol. The minimum absolute atomic E-state index is 0.110. The van der Waals surface area contributed by atoms with Crippen LogP contribution in [-0.4, -0.2) is 34.2 Å². The van der Waals surface area contributed by atoms with Crippen LogP contribution in [-0.2, 0) is 4.79 Å². The van der Waals surface area contributed by atoms with E-state index in [1.54, 1.807) is 5.01 Å². The molecule has 1 amide bonds. The maximum Gasteiger partial charge on any atom is 0.252 e. The first kappa shape index (κ1) is 9.06. The van der Waals surface area contributed by atoms with E-state index in [1.165, 1.54) is 0 Å². The van der Waals surface area contributed by atoms with Crippen molar-refractivity contribution < 1.29 is 4.79 Å². The molecule has 0 aromatic carbocycles. The van der Waals surface area contributed by atoms with Crippen LogP contribution in [0.4, 0.5) is 0 Å². The molecule has 2 aliphatic rings. The van der Waals surface area contributed by atoms with Crippen molar-refractivity contribution in [2.45, 2.75) is 26.3 Å². The van der Waals surface area contributed by atoms with E-state index in [0.29, 0.717) is 0 Å². The summed E-state index contributed by atoms with van der Waals surface area (Å²) in [7, 11) is 0. The van der Waals surface area contributed by atoms with E-state index in [2.05, 4.69) is 18.9 Å². The van der Waals surface area contributed by atoms with Crippen LogP contribution < -0.4 is 0 Å². The fourth-order valence-corrected chi connectivity index (χ4v) is 2.78. The van der Waals surface area contributed by atoms with Gasteiger partial charge in [0.05, 0.1) is 17.7 Å². The second-order valence-corrected chi connectivity index (χ2v) is 4.63. The molecule has 0 aromatic rings. The van der Waals surface area contributed by atoms with E-state index >= 15 is 0 Å². The van der Waals surface area contributed by atoms with Gasteiger partial charge in [-0.15, -0.1) is 0 Å². The Labute approximate surface area is 82.6 Å². The van der Waals surface area contributed by atoms with Gasteiger partial charge < -0.3 is 0 Å². The van der Waals surface area contributed by atoms with Crippen molar-refractivity contribution in [1.82, 2.24) is 5.01 Å². The van der Waals surface area contributed by atoms with Gasteiger partial charge in [0, 0.05) is 11.5 Å². The lowest BCUT2D eigenvalue weighted by Gasteiger charge is -2.20. The smallest absolute Gasteiger partial charge is 0.252 e. The highest BCUT2D eigenvalue weighted by atomic mass is 32.2. The molecule has 0 spiro atoms. The summed E-state index contributed by atoms with van der Waals surface area (Å²) in [6.07, 6.45) is 0.975. The second-order valence-electron chi connectivity index (χ2n) is 3.60. The van der Waals surface area contributed by atoms with Gasteiger partial charge in [-0.2, -0.15) is 16.9 Å². The molecule has 0 aromatic heterocycles. The van der Waals surface area contributed by atoms with Gasteiger partial charge in [-0.3, -0.25) is 4.79 Å². The van der Waals surface area contributed by atoms with Crippen LogP contribution in [0.25, 0.3) is 0 Å². The Morgan fingerprint density at radius 3 is 3.15 bits per heavy atom. The van der Waals surface area contributed by atoms with E-state index in [4.69, 9.17) is 0 Å². The van der Waals surface area contributed by atoms with Crippen LogP contribution in [0.15, 0.2) is 5.10 Å². The van der Waals surface area contributed by atoms with Gasteiger partial charge in [-0.1, -0.05) is 6.92 Å². The third-order valence-electron chi connectivity index (χ3n) is 2.71. The number of carbonyl (C=O) groups excluding carboxylic acids is 1. The highest BCUT2D eigenvalue weighted by Crippen LogP contribution is 2.30. The minimum atomic E-state index is 0.110. The number of carbonyl (C=O) groups is 1. The summed E-state index contributed by atoms with van der Waals surface area (Å²) in [6.45, 7) is 4.14. The maximum atomic E-state index is 11.8. The molecular formula is C9H14N2OS. The molecule has 1 fully saturated rings. The summed E-state index contributed by atoms with van der Waals surface area (Å²) in [6, 6.07) is 0.260. The zero-order valence-electron chi connectivity index (χ0n) is 7.99. The molecule has 3 nitrogen and oxygen atoms in total. The Bertz CT molecular complexity index is 264. The Kier molecular flexibility index (Phi) is 2.32. The topological polar surface area (TPSA) is 32.7 Å². The van der Waals surface area contributed by atoms with Crippen LogP contribution in [0.3, 0.4) is 0 Å². The lowest BCUT2D eigenvalue weighted by atomic mass is 10.1. The zero-order valence-corrected chi connectivity index (χ0v) is 8.80. The number of thioether (sulfide) groups is 1. The number of fused-ring (bicyclic) bond motifs is 1. The van der Waals surface area contributed by atoms with Crippen molar-refractivity contribution in [1.29, 1.82) is 0 Å². The molecule has 0 bridgehead atoms. The molecule has 0 N–H and O–H groups in total. The third-order valence-corrected chi connectivity index (χ3v) is 3.77. The Hall–Kier alpha value is -0.510. The molecule has 0 radical (unpaired) electrons. The van der Waals surface area contributed by atoms with Crippen molar-refractivity contribution in [2.24, 2.45) is 11.0 Å². The predicted octanol–water partition coefficient (Wildman–Crippen LogP) is 1.35. The molecule has 1 saturated heterocycles. The van der Waals surface area contributed by atoms with Crippen molar-refractivity contribution in [2.75, 3.05) is 11.5 Å². The Morgan fingerprint density at radius 2 is 2.54 bits per heavy atom. The van der Waals surface area contributed by atoms with E-state index in [1.807, 2.05) is 11.8 Å². The monoisotopic (exact) mass is 198 g/mol. The van der Waals surface area contributed by atoms with E-state index in [0.717, 1.165) is 23.6 Å². The van der Waals surface area contributed by atoms with E-state index in [-0.39, 0.29) is 17.9 Å². The Balaban J connectivity index is 2.16. The molecule has 2 unspecified atom stereocenters. The summed E-state index contributed by atoms with van der Waals surface area (Å²) >= 11 is 1.81. The average Bonchev–Trinajstić information content (AvgIpc) is 2.68. The van der Waals surface area contributed by atoms with Crippen LogP contribution in [0, 0.1) is 5.92 Å². The summed E-state index contributed by atoms with van der Waals surface area (Å²) in [5.74, 6) is 2.21. The molecular weight excluding hydrogens is 184 g/mol. The van der Waals surface area contributed by atoms with Gasteiger partial charge in [-0.25, -0.2) is 5.01 Å². The van der Waals surface area contributed by atoms with Crippen molar-refractivity contribution in [3.63, 3.8) is 0 Å². The second kappa shape index (κ2) is 3.33. The van der Waals surface area contributed by atoms with E-state index in [9.17, 15) is 4.79 Å². The first-order valence-electron chi connectivity index (χ1n) is 4.72. The number of hydrazone groups is 1. The van der Waals surface area contributed by atoms with Gasteiger partial charge in [0.25, 0.3) is 5.91 Å². The van der Waals surface area contributed by atoms with Crippen molar-refractivity contribution >= 4 is 23.4 Å². The minimum Gasteiger partial charge on any atom is -0.272 e. The summed E-state index contributed by atoms with van der Waals surface area (Å²) in [4.78, 5) is 11.8. The lowest BCUT2D eigenvalue weighted by molar-refractivity contribution is -0.133. The fraction of sp³-hybridized carbons (Fsp3) is 0.778. The SMILES string of the molecule is CCC(C)N1N=C2CSCC2C1=O. The van der Waals surface area contributed by atoms with Crippen molar-refractivity contribution in [3.8, 4) is 0 Å². The number of nitrogens with zero attached hydrogens (tertiary/aromatic N) is 2. The van der Waals surface area contributed by atoms with Gasteiger partial charge in [0.1, 0.15) is 0 Å². The lowest BCUT2D eigenvalue weighted by Crippen LogP contribution is -2.33. The summed E-state index contributed by atoms with van der Waals surface area (Å²) in [5.41, 5.74) is 1.09. The van der Waals surface area contributed by atoms with E-state index < -0.39 is 0 Å². The Morgan fingerprint density at radius 1 is 1.77 bits per heavy atom. The highest BCUT2D eigenvalue weighted by molar-refractivity contribution is 8.00. The zero-order chi connectivity index (χ0) is 9.42. The van der Waals surface area contributed by atoms with Crippen LogP contribution >= 0.6 is 11.8 Å². The number of rotatable bonds is 2. The quantitative estimate of drug-likeness (QED) is 0.671. The number of hydrogen-bond donors (Lipinski definition) is 0. The van der Waals surface area contributed by atoms with Gasteiger partial charge in [0.15, 0.2) is 0 Å². The molecule has 13 heavy (non-hydrogen) atoms. The number of amides is 1. The fourth-order valence-electron chi connectivity index (χ4n) is 1.63. The molecule has 0 aliphatic carbocycles. The summed E-state index contributed by atoms with van der Waals surface area (Å²) < 4.78 is 0. The number of hydrogen-bond acceptors (Lipinski definition) is 3. The largest absolute Gasteiger partial charge is 0.272 e. The molecule has 2 rings (SSSR count). The molecule has 0 saturated carbocycles. The molecule has 2 heterocycles. The molecule has 2 atom stereocenters. The van der Waals surface area contributed by atoms with Crippen LogP contribution in [0.5, 0.6) is 0 Å². The van der Waals surface area contributed by atoms with Gasteiger partial charge >= 0.3 is 0 Å². The van der Waals surface area contributed by atoms with Gasteiger partial charge in [0.2, 0.25) is 0 Å². The standard InChI is InChI=1S/C9H14N2OS/c1-3-6(2)11-9(12)7-4-13-5-8(7)10-11/h6-7H,3-5H2,1-2H3. The molecule has 72 valence electrons. The van der Waals surface area contributed by atoms with Crippen molar-refractivity contribution in [3.05, 3.63) is 0 Å². The third kappa shape index (κ3) is 1.37. The van der Waals surface area contributed by atoms with Crippen LogP contribution in [0.2, 0.25) is 0 Å². The first-order chi connectivity index (χ1) is 6.24. The maximum absolute atomic E-state index is 11.8. The normalized spacial score (nSPS) is 29.1. The van der Waals surface area contributed by atoms with Crippen LogP contribution in [0.1, 0.15) is 20.3 Å². The predicted molar refractivity (Wildman–Crippen MR) is 54.8 cm³/mol. The first-order valence-corrected chi connectivity index (χ1v) is 5.87. The highest BCUT2D eigenvalue weighted by Gasteiger charge is 2.40.